The molecule has 2 N–H and O–H groups in total. The fourth-order valence-corrected chi connectivity index (χ4v) is 7.09. The van der Waals surface area contributed by atoms with Crippen molar-refractivity contribution in [2.75, 3.05) is 18.6 Å². The average molecular weight is 575 g/mol. The number of allylic oxidation sites excluding steroid dienone is 2. The maximum Gasteiger partial charge on any atom is 0.407 e. The minimum absolute atomic E-state index is 0.0782. The summed E-state index contributed by atoms with van der Waals surface area (Å²) in [4.78, 5) is 32.9. The zero-order chi connectivity index (χ0) is 30.1. The summed E-state index contributed by atoms with van der Waals surface area (Å²) in [5, 5.41) is 6.21. The predicted molar refractivity (Wildman–Crippen MR) is 165 cm³/mol. The van der Waals surface area contributed by atoms with E-state index in [9.17, 15) is 9.59 Å². The second-order valence-corrected chi connectivity index (χ2v) is 13.2. The van der Waals surface area contributed by atoms with Crippen LogP contribution in [0, 0.1) is 12.3 Å². The molecule has 1 spiro atoms. The number of carbonyl (C=O) groups is 2. The van der Waals surface area contributed by atoms with Crippen LogP contribution in [-0.4, -0.2) is 48.3 Å². The Kier molecular flexibility index (Phi) is 8.53. The van der Waals surface area contributed by atoms with Crippen LogP contribution in [0.25, 0.3) is 0 Å². The lowest BCUT2D eigenvalue weighted by Crippen LogP contribution is -2.61. The van der Waals surface area contributed by atoms with Gasteiger partial charge in [-0.15, -0.1) is 0 Å². The average Bonchev–Trinajstić information content (AvgIpc) is 2.88. The summed E-state index contributed by atoms with van der Waals surface area (Å²) in [5.74, 6) is 0.501. The second kappa shape index (κ2) is 12.0. The van der Waals surface area contributed by atoms with Crippen LogP contribution in [-0.2, 0) is 24.1 Å². The third-order valence-electron chi connectivity index (χ3n) is 8.90. The van der Waals surface area contributed by atoms with E-state index in [2.05, 4.69) is 51.7 Å². The molecular formula is C34H46N4O4. The molecule has 0 radical (unpaired) electrons. The molecule has 0 saturated heterocycles. The Bertz CT molecular complexity index is 1350. The van der Waals surface area contributed by atoms with Crippen molar-refractivity contribution in [3.05, 3.63) is 64.4 Å². The summed E-state index contributed by atoms with van der Waals surface area (Å²) in [6, 6.07) is 8.81. The van der Waals surface area contributed by atoms with Gasteiger partial charge in [0, 0.05) is 47.7 Å². The van der Waals surface area contributed by atoms with E-state index in [1.165, 1.54) is 0 Å². The van der Waals surface area contributed by atoms with Crippen LogP contribution in [0.5, 0.6) is 5.88 Å². The lowest BCUT2D eigenvalue weighted by Gasteiger charge is -2.60. The third-order valence-corrected chi connectivity index (χ3v) is 8.90. The van der Waals surface area contributed by atoms with Crippen LogP contribution in [0.15, 0.2) is 36.4 Å². The Hall–Kier alpha value is -3.55. The van der Waals surface area contributed by atoms with Gasteiger partial charge in [0.2, 0.25) is 5.88 Å². The van der Waals surface area contributed by atoms with Crippen molar-refractivity contribution in [3.63, 3.8) is 0 Å². The number of anilines is 1. The van der Waals surface area contributed by atoms with E-state index in [4.69, 9.17) is 9.47 Å². The van der Waals surface area contributed by atoms with E-state index in [0.29, 0.717) is 30.3 Å². The summed E-state index contributed by atoms with van der Waals surface area (Å²) in [6.07, 6.45) is 10.8. The summed E-state index contributed by atoms with van der Waals surface area (Å²) < 4.78 is 11.0. The van der Waals surface area contributed by atoms with Crippen LogP contribution in [0.1, 0.15) is 92.5 Å². The molecule has 0 atom stereocenters. The monoisotopic (exact) mass is 574 g/mol. The molecule has 2 aliphatic carbocycles. The number of hydrogen-bond donors (Lipinski definition) is 2. The highest BCUT2D eigenvalue weighted by molar-refractivity contribution is 5.97. The van der Waals surface area contributed by atoms with Crippen LogP contribution in [0.3, 0.4) is 0 Å². The van der Waals surface area contributed by atoms with Crippen molar-refractivity contribution in [3.8, 4) is 5.88 Å². The fourth-order valence-electron chi connectivity index (χ4n) is 7.09. The van der Waals surface area contributed by atoms with E-state index >= 15 is 0 Å². The predicted octanol–water partition coefficient (Wildman–Crippen LogP) is 6.04. The lowest BCUT2D eigenvalue weighted by atomic mass is 9.51. The van der Waals surface area contributed by atoms with Gasteiger partial charge in [-0.25, -0.2) is 9.78 Å². The van der Waals surface area contributed by atoms with Crippen LogP contribution in [0.2, 0.25) is 0 Å². The number of benzene rings is 1. The van der Waals surface area contributed by atoms with Gasteiger partial charge in [0.25, 0.3) is 5.91 Å². The van der Waals surface area contributed by atoms with Crippen LogP contribution in [0.4, 0.5) is 10.5 Å². The highest BCUT2D eigenvalue weighted by Gasteiger charge is 2.54. The number of aromatic nitrogens is 1. The zero-order valence-corrected chi connectivity index (χ0v) is 26.0. The number of alkyl carbamates (subject to hydrolysis) is 1. The minimum Gasteiger partial charge on any atom is -0.481 e. The normalized spacial score (nSPS) is 24.4. The summed E-state index contributed by atoms with van der Waals surface area (Å²) in [6.45, 7) is 11.1. The van der Waals surface area contributed by atoms with Gasteiger partial charge in [-0.1, -0.05) is 18.2 Å². The molecule has 1 aromatic heterocycles. The molecule has 1 aliphatic heterocycles. The van der Waals surface area contributed by atoms with E-state index < -0.39 is 5.60 Å². The van der Waals surface area contributed by atoms with Crippen LogP contribution >= 0.6 is 0 Å². The zero-order valence-electron chi connectivity index (χ0n) is 26.0. The van der Waals surface area contributed by atoms with Gasteiger partial charge in [-0.3, -0.25) is 4.79 Å². The third kappa shape index (κ3) is 6.42. The van der Waals surface area contributed by atoms with Gasteiger partial charge in [0.15, 0.2) is 0 Å². The number of nitrogens with zero attached hydrogens (tertiary/aromatic N) is 2. The number of pyridine rings is 1. The van der Waals surface area contributed by atoms with E-state index in [-0.39, 0.29) is 18.0 Å². The van der Waals surface area contributed by atoms with Crippen molar-refractivity contribution in [1.82, 2.24) is 15.6 Å². The maximum atomic E-state index is 13.6. The highest BCUT2D eigenvalue weighted by Crippen LogP contribution is 2.58. The quantitative estimate of drug-likeness (QED) is 0.424. The topological polar surface area (TPSA) is 92.8 Å². The molecule has 226 valence electrons. The van der Waals surface area contributed by atoms with E-state index in [1.807, 2.05) is 39.8 Å². The first-order valence-electron chi connectivity index (χ1n) is 15.4. The van der Waals surface area contributed by atoms with Crippen molar-refractivity contribution in [2.24, 2.45) is 5.41 Å². The number of methoxy groups -OCH3 is 1. The van der Waals surface area contributed by atoms with Gasteiger partial charge in [0.1, 0.15) is 5.60 Å². The largest absolute Gasteiger partial charge is 0.481 e. The van der Waals surface area contributed by atoms with Crippen molar-refractivity contribution in [1.29, 1.82) is 0 Å². The van der Waals surface area contributed by atoms with Gasteiger partial charge >= 0.3 is 6.09 Å². The first kappa shape index (κ1) is 29.9. The molecule has 2 saturated carbocycles. The number of ether oxygens (including phenoxy) is 2. The molecule has 2 amide bonds. The fraction of sp³-hybridized carbons (Fsp3) is 0.559. The molecular weight excluding hydrogens is 528 g/mol. The van der Waals surface area contributed by atoms with Gasteiger partial charge in [-0.05, 0) is 114 Å². The Morgan fingerprint density at radius 3 is 2.62 bits per heavy atom. The van der Waals surface area contributed by atoms with Gasteiger partial charge in [0.05, 0.1) is 7.11 Å². The summed E-state index contributed by atoms with van der Waals surface area (Å²) in [7, 11) is 1.63. The Labute approximate surface area is 250 Å². The molecule has 2 fully saturated rings. The first-order valence-corrected chi connectivity index (χ1v) is 15.4. The number of amides is 2. The van der Waals surface area contributed by atoms with Gasteiger partial charge in [-0.2, -0.15) is 0 Å². The molecule has 3 aliphatic rings. The number of aryl methyl sites for hydroxylation is 2. The number of rotatable bonds is 5. The SMILES string of the molecule is CCN(c1cccc2c1C/C=C/CCc1cc(C)nc(OC)c1CNC2=O)C1CC2(CC(NC(=O)OC(C)(C)C)C2)C1. The number of nitrogens with one attached hydrogen (secondary N) is 2. The number of hydrogen-bond acceptors (Lipinski definition) is 6. The standard InChI is InChI=1S/C34H46N4O4/c1-7-38(25-19-34(20-25)17-24(18-34)37-32(40)42-33(3,4)5)29-15-11-14-27-26(29)13-10-8-9-12-23-16-22(2)36-31(41-6)28(23)21-35-30(27)39/h8,10-11,14-16,24-25H,7,9,12-13,17-21H2,1-6H3,(H,35,39)(H,37,40)/b10-8+. The molecule has 0 bridgehead atoms. The summed E-state index contributed by atoms with van der Waals surface area (Å²) in [5.41, 5.74) is 5.76. The number of fused-ring (bicyclic) bond motifs is 2. The van der Waals surface area contributed by atoms with Gasteiger partial charge < -0.3 is 25.0 Å². The molecule has 0 unspecified atom stereocenters. The van der Waals surface area contributed by atoms with Crippen molar-refractivity contribution < 1.29 is 19.1 Å². The molecule has 42 heavy (non-hydrogen) atoms. The van der Waals surface area contributed by atoms with E-state index in [1.54, 1.807) is 7.11 Å². The minimum atomic E-state index is -0.488. The Morgan fingerprint density at radius 2 is 1.93 bits per heavy atom. The lowest BCUT2D eigenvalue weighted by molar-refractivity contribution is -0.0248. The Morgan fingerprint density at radius 1 is 1.17 bits per heavy atom. The molecule has 8 nitrogen and oxygen atoms in total. The van der Waals surface area contributed by atoms with Crippen molar-refractivity contribution >= 4 is 17.7 Å². The summed E-state index contributed by atoms with van der Waals surface area (Å²) >= 11 is 0. The molecule has 5 rings (SSSR count). The number of carbonyl (C=O) groups excluding carboxylic acids is 2. The molecule has 8 heteroatoms. The molecule has 2 heterocycles. The van der Waals surface area contributed by atoms with Crippen molar-refractivity contribution in [2.45, 2.75) is 104 Å². The van der Waals surface area contributed by atoms with E-state index in [0.717, 1.165) is 78.7 Å². The molecule has 2 aromatic rings. The Balaban J connectivity index is 1.30. The van der Waals surface area contributed by atoms with Crippen LogP contribution < -0.4 is 20.3 Å². The molecule has 1 aromatic carbocycles. The first-order chi connectivity index (χ1) is 20.0. The highest BCUT2D eigenvalue weighted by atomic mass is 16.6. The smallest absolute Gasteiger partial charge is 0.407 e. The second-order valence-electron chi connectivity index (χ2n) is 13.2. The maximum absolute atomic E-state index is 13.6.